The summed E-state index contributed by atoms with van der Waals surface area (Å²) in [6, 6.07) is 10.2. The van der Waals surface area contributed by atoms with Crippen molar-refractivity contribution in [3.63, 3.8) is 0 Å². The lowest BCUT2D eigenvalue weighted by Crippen LogP contribution is -2.17. The van der Waals surface area contributed by atoms with Gasteiger partial charge in [-0.1, -0.05) is 48.6 Å². The fourth-order valence-electron chi connectivity index (χ4n) is 2.31. The highest BCUT2D eigenvalue weighted by molar-refractivity contribution is 5.49. The summed E-state index contributed by atoms with van der Waals surface area (Å²) in [5.41, 5.74) is 1.19. The van der Waals surface area contributed by atoms with Crippen LogP contribution in [-0.4, -0.2) is 11.2 Å². The molecule has 0 spiro atoms. The van der Waals surface area contributed by atoms with Gasteiger partial charge in [-0.15, -0.1) is 6.58 Å². The van der Waals surface area contributed by atoms with Crippen LogP contribution in [0.15, 0.2) is 49.1 Å². The van der Waals surface area contributed by atoms with E-state index in [-0.39, 0.29) is 17.9 Å². The fourth-order valence-corrected chi connectivity index (χ4v) is 2.31. The molecule has 0 aliphatic heterocycles. The summed E-state index contributed by atoms with van der Waals surface area (Å²) < 4.78 is 0. The van der Waals surface area contributed by atoms with Gasteiger partial charge in [0.2, 0.25) is 0 Å². The van der Waals surface area contributed by atoms with E-state index in [1.165, 1.54) is 5.56 Å². The Hall–Kier alpha value is -1.34. The van der Waals surface area contributed by atoms with E-state index >= 15 is 0 Å². The molecule has 2 rings (SSSR count). The predicted molar refractivity (Wildman–Crippen MR) is 67.9 cm³/mol. The van der Waals surface area contributed by atoms with E-state index in [1.807, 2.05) is 24.3 Å². The number of hydrogen-bond donors (Lipinski definition) is 1. The van der Waals surface area contributed by atoms with Crippen molar-refractivity contribution in [2.45, 2.75) is 18.9 Å². The molecule has 1 N–H and O–H groups in total. The first-order valence-corrected chi connectivity index (χ1v) is 5.85. The molecule has 0 radical (unpaired) electrons. The van der Waals surface area contributed by atoms with Gasteiger partial charge in [-0.3, -0.25) is 0 Å². The lowest BCUT2D eigenvalue weighted by atomic mass is 10.00. The van der Waals surface area contributed by atoms with Crippen LogP contribution in [-0.2, 0) is 0 Å². The molecule has 84 valence electrons. The van der Waals surface area contributed by atoms with Crippen LogP contribution in [0.25, 0.3) is 6.08 Å². The minimum absolute atomic E-state index is 0.252. The number of aliphatic hydroxyl groups is 1. The van der Waals surface area contributed by atoms with Crippen LogP contribution in [0.5, 0.6) is 0 Å². The summed E-state index contributed by atoms with van der Waals surface area (Å²) in [5, 5.41) is 10.0. The van der Waals surface area contributed by atoms with Crippen molar-refractivity contribution in [3.8, 4) is 0 Å². The van der Waals surface area contributed by atoms with E-state index in [4.69, 9.17) is 0 Å². The van der Waals surface area contributed by atoms with E-state index < -0.39 is 0 Å². The smallest absolute Gasteiger partial charge is 0.0665 e. The van der Waals surface area contributed by atoms with Gasteiger partial charge in [0.15, 0.2) is 0 Å². The summed E-state index contributed by atoms with van der Waals surface area (Å²) in [4.78, 5) is 0. The molecular formula is C15H18O. The Morgan fingerprint density at radius 1 is 1.12 bits per heavy atom. The zero-order chi connectivity index (χ0) is 11.4. The summed E-state index contributed by atoms with van der Waals surface area (Å²) in [6.07, 6.45) is 7.96. The molecule has 1 aliphatic rings. The molecule has 0 aromatic heterocycles. The van der Waals surface area contributed by atoms with Gasteiger partial charge in [-0.05, 0) is 18.4 Å². The molecule has 1 fully saturated rings. The lowest BCUT2D eigenvalue weighted by Gasteiger charge is -2.13. The molecule has 16 heavy (non-hydrogen) atoms. The molecule has 0 amide bonds. The van der Waals surface area contributed by atoms with Gasteiger partial charge in [-0.2, -0.15) is 0 Å². The van der Waals surface area contributed by atoms with Gasteiger partial charge >= 0.3 is 0 Å². The van der Waals surface area contributed by atoms with E-state index in [0.29, 0.717) is 0 Å². The van der Waals surface area contributed by atoms with E-state index in [1.54, 1.807) is 0 Å². The minimum Gasteiger partial charge on any atom is -0.392 e. The van der Waals surface area contributed by atoms with Crippen LogP contribution < -0.4 is 0 Å². The second-order valence-electron chi connectivity index (χ2n) is 4.40. The first-order valence-electron chi connectivity index (χ1n) is 5.85. The fraction of sp³-hybridized carbons (Fsp3) is 0.333. The Labute approximate surface area is 97.1 Å². The number of benzene rings is 1. The molecule has 0 heterocycles. The summed E-state index contributed by atoms with van der Waals surface area (Å²) in [5.74, 6) is 0.550. The van der Waals surface area contributed by atoms with Crippen molar-refractivity contribution >= 4 is 6.08 Å². The van der Waals surface area contributed by atoms with Gasteiger partial charge in [-0.25, -0.2) is 0 Å². The third-order valence-electron chi connectivity index (χ3n) is 3.35. The second kappa shape index (κ2) is 5.13. The van der Waals surface area contributed by atoms with Crippen LogP contribution in [0, 0.1) is 11.8 Å². The monoisotopic (exact) mass is 214 g/mol. The molecule has 3 atom stereocenters. The molecular weight excluding hydrogens is 196 g/mol. The molecule has 1 aliphatic carbocycles. The molecule has 0 bridgehead atoms. The average Bonchev–Trinajstić information content (AvgIpc) is 2.69. The Balaban J connectivity index is 2.01. The quantitative estimate of drug-likeness (QED) is 0.766. The van der Waals surface area contributed by atoms with Crippen molar-refractivity contribution in [2.75, 3.05) is 0 Å². The van der Waals surface area contributed by atoms with Gasteiger partial charge in [0.05, 0.1) is 6.10 Å². The lowest BCUT2D eigenvalue weighted by molar-refractivity contribution is 0.126. The largest absolute Gasteiger partial charge is 0.392 e. The standard InChI is InChI=1S/C15H18O/c1-2-13-10-11-14(15(13)16)9-8-12-6-4-3-5-7-12/h2-9,13-16H,1,10-11H2/b9-8+/t13-,14+,15+/m0/s1. The third-order valence-corrected chi connectivity index (χ3v) is 3.35. The van der Waals surface area contributed by atoms with Crippen LogP contribution in [0.1, 0.15) is 18.4 Å². The Morgan fingerprint density at radius 2 is 1.81 bits per heavy atom. The van der Waals surface area contributed by atoms with Crippen LogP contribution in [0.2, 0.25) is 0 Å². The van der Waals surface area contributed by atoms with Crippen molar-refractivity contribution in [1.82, 2.24) is 0 Å². The molecule has 1 aromatic rings. The molecule has 1 saturated carbocycles. The van der Waals surface area contributed by atoms with Crippen molar-refractivity contribution in [3.05, 3.63) is 54.6 Å². The topological polar surface area (TPSA) is 20.2 Å². The maximum atomic E-state index is 10.0. The molecule has 1 heteroatoms. The van der Waals surface area contributed by atoms with Crippen LogP contribution in [0.3, 0.4) is 0 Å². The Kier molecular flexibility index (Phi) is 3.58. The van der Waals surface area contributed by atoms with Crippen molar-refractivity contribution in [2.24, 2.45) is 11.8 Å². The highest BCUT2D eigenvalue weighted by Gasteiger charge is 2.30. The minimum atomic E-state index is -0.252. The van der Waals surface area contributed by atoms with Crippen LogP contribution >= 0.6 is 0 Å². The van der Waals surface area contributed by atoms with Crippen molar-refractivity contribution in [1.29, 1.82) is 0 Å². The Morgan fingerprint density at radius 3 is 2.44 bits per heavy atom. The van der Waals surface area contributed by atoms with E-state index in [2.05, 4.69) is 30.9 Å². The van der Waals surface area contributed by atoms with Crippen molar-refractivity contribution < 1.29 is 5.11 Å². The van der Waals surface area contributed by atoms with Gasteiger partial charge in [0.25, 0.3) is 0 Å². The highest BCUT2D eigenvalue weighted by Crippen LogP contribution is 2.33. The van der Waals surface area contributed by atoms with Crippen LogP contribution in [0.4, 0.5) is 0 Å². The first-order chi connectivity index (χ1) is 7.81. The number of hydrogen-bond acceptors (Lipinski definition) is 1. The highest BCUT2D eigenvalue weighted by atomic mass is 16.3. The SMILES string of the molecule is C=C[C@H]1CC[C@@H](/C=C/c2ccccc2)[C@@H]1O. The van der Waals surface area contributed by atoms with Gasteiger partial charge in [0, 0.05) is 11.8 Å². The number of rotatable bonds is 3. The summed E-state index contributed by atoms with van der Waals surface area (Å²) in [7, 11) is 0. The second-order valence-corrected chi connectivity index (χ2v) is 4.40. The maximum Gasteiger partial charge on any atom is 0.0665 e. The van der Waals surface area contributed by atoms with Gasteiger partial charge < -0.3 is 5.11 Å². The number of aliphatic hydroxyl groups excluding tert-OH is 1. The van der Waals surface area contributed by atoms with E-state index in [9.17, 15) is 5.11 Å². The summed E-state index contributed by atoms with van der Waals surface area (Å²) in [6.45, 7) is 3.76. The molecule has 1 aromatic carbocycles. The molecule has 0 saturated heterocycles. The summed E-state index contributed by atoms with van der Waals surface area (Å²) >= 11 is 0. The normalized spacial score (nSPS) is 29.7. The molecule has 1 nitrogen and oxygen atoms in total. The maximum absolute atomic E-state index is 10.0. The third kappa shape index (κ3) is 2.42. The first kappa shape index (κ1) is 11.2. The van der Waals surface area contributed by atoms with E-state index in [0.717, 1.165) is 12.8 Å². The van der Waals surface area contributed by atoms with Gasteiger partial charge in [0.1, 0.15) is 0 Å². The zero-order valence-electron chi connectivity index (χ0n) is 9.42. The zero-order valence-corrected chi connectivity index (χ0v) is 9.42. The average molecular weight is 214 g/mol. The molecule has 0 unspecified atom stereocenters. The Bertz CT molecular complexity index is 366. The predicted octanol–water partition coefficient (Wildman–Crippen LogP) is 3.27.